The number of rotatable bonds is 4. The van der Waals surface area contributed by atoms with Crippen LogP contribution in [0.5, 0.6) is 0 Å². The van der Waals surface area contributed by atoms with Gasteiger partial charge in [-0.15, -0.1) is 0 Å². The molecule has 0 aliphatic heterocycles. The number of aromatic nitrogens is 1. The van der Waals surface area contributed by atoms with Crippen LogP contribution in [-0.4, -0.2) is 10.1 Å². The van der Waals surface area contributed by atoms with Gasteiger partial charge in [0, 0.05) is 11.6 Å². The zero-order chi connectivity index (χ0) is 14.8. The standard InChI is InChI=1S/C16H15ClN2O2/c1-10-7-14(17)16(13-3-2-6-18-15(10)13)19-8-11-4-5-12(9-20)21-11/h2-7,19-20H,8-9H2,1H3. The number of hydrogen-bond acceptors (Lipinski definition) is 4. The van der Waals surface area contributed by atoms with E-state index in [1.54, 1.807) is 12.3 Å². The highest BCUT2D eigenvalue weighted by molar-refractivity contribution is 6.35. The molecule has 0 radical (unpaired) electrons. The van der Waals surface area contributed by atoms with E-state index in [0.717, 1.165) is 27.9 Å². The first kappa shape index (κ1) is 13.9. The second-order valence-corrected chi connectivity index (χ2v) is 5.24. The molecule has 1 aromatic carbocycles. The maximum Gasteiger partial charge on any atom is 0.129 e. The fourth-order valence-electron chi connectivity index (χ4n) is 2.34. The zero-order valence-corrected chi connectivity index (χ0v) is 12.3. The van der Waals surface area contributed by atoms with Crippen LogP contribution in [0.3, 0.4) is 0 Å². The van der Waals surface area contributed by atoms with Crippen molar-refractivity contribution in [3.8, 4) is 0 Å². The van der Waals surface area contributed by atoms with Crippen molar-refractivity contribution < 1.29 is 9.52 Å². The number of benzene rings is 1. The average Bonchev–Trinajstić information content (AvgIpc) is 2.95. The molecule has 0 saturated carbocycles. The van der Waals surface area contributed by atoms with E-state index in [2.05, 4.69) is 10.3 Å². The Bertz CT molecular complexity index is 783. The average molecular weight is 303 g/mol. The molecule has 0 saturated heterocycles. The highest BCUT2D eigenvalue weighted by Crippen LogP contribution is 2.33. The minimum Gasteiger partial charge on any atom is -0.462 e. The van der Waals surface area contributed by atoms with Crippen LogP contribution in [0.1, 0.15) is 17.1 Å². The number of anilines is 1. The molecule has 0 fully saturated rings. The Morgan fingerprint density at radius 3 is 2.86 bits per heavy atom. The van der Waals surface area contributed by atoms with E-state index in [1.165, 1.54) is 0 Å². The van der Waals surface area contributed by atoms with E-state index >= 15 is 0 Å². The third-order valence-electron chi connectivity index (χ3n) is 3.35. The SMILES string of the molecule is Cc1cc(Cl)c(NCc2ccc(CO)o2)c2cccnc12. The molecular formula is C16H15ClN2O2. The van der Waals surface area contributed by atoms with Crippen LogP contribution in [-0.2, 0) is 13.2 Å². The number of fused-ring (bicyclic) bond motifs is 1. The summed E-state index contributed by atoms with van der Waals surface area (Å²) in [6.45, 7) is 2.38. The summed E-state index contributed by atoms with van der Waals surface area (Å²) in [7, 11) is 0. The van der Waals surface area contributed by atoms with E-state index in [9.17, 15) is 0 Å². The first-order valence-corrected chi connectivity index (χ1v) is 7.03. The number of nitrogens with one attached hydrogen (secondary N) is 1. The largest absolute Gasteiger partial charge is 0.462 e. The highest BCUT2D eigenvalue weighted by atomic mass is 35.5. The third-order valence-corrected chi connectivity index (χ3v) is 3.64. The minimum absolute atomic E-state index is 0.0991. The van der Waals surface area contributed by atoms with Gasteiger partial charge in [-0.05, 0) is 42.8 Å². The molecule has 0 aliphatic carbocycles. The fraction of sp³-hybridized carbons (Fsp3) is 0.188. The van der Waals surface area contributed by atoms with Gasteiger partial charge in [-0.25, -0.2) is 0 Å². The number of aliphatic hydroxyl groups is 1. The quantitative estimate of drug-likeness (QED) is 0.767. The second kappa shape index (κ2) is 5.76. The van der Waals surface area contributed by atoms with E-state index < -0.39 is 0 Å². The predicted octanol–water partition coefficient (Wildman–Crippen LogP) is 3.89. The van der Waals surface area contributed by atoms with Crippen molar-refractivity contribution in [2.75, 3.05) is 5.32 Å². The summed E-state index contributed by atoms with van der Waals surface area (Å²) in [5.41, 5.74) is 2.81. The van der Waals surface area contributed by atoms with Crippen LogP contribution in [0.25, 0.3) is 10.9 Å². The molecule has 4 nitrogen and oxygen atoms in total. The summed E-state index contributed by atoms with van der Waals surface area (Å²) in [6.07, 6.45) is 1.77. The van der Waals surface area contributed by atoms with Crippen LogP contribution in [0.15, 0.2) is 40.9 Å². The number of furan rings is 1. The Morgan fingerprint density at radius 1 is 1.29 bits per heavy atom. The minimum atomic E-state index is -0.0991. The van der Waals surface area contributed by atoms with Crippen molar-refractivity contribution in [1.82, 2.24) is 4.98 Å². The number of aryl methyl sites for hydroxylation is 1. The predicted molar refractivity (Wildman–Crippen MR) is 83.4 cm³/mol. The Kier molecular flexibility index (Phi) is 3.82. The summed E-state index contributed by atoms with van der Waals surface area (Å²) in [5, 5.41) is 13.9. The lowest BCUT2D eigenvalue weighted by molar-refractivity contribution is 0.244. The number of halogens is 1. The Morgan fingerprint density at radius 2 is 2.10 bits per heavy atom. The van der Waals surface area contributed by atoms with E-state index in [0.29, 0.717) is 17.3 Å². The smallest absolute Gasteiger partial charge is 0.129 e. The molecule has 2 aromatic heterocycles. The van der Waals surface area contributed by atoms with Crippen molar-refractivity contribution in [2.24, 2.45) is 0 Å². The molecule has 0 amide bonds. The Labute approximate surface area is 127 Å². The fourth-order valence-corrected chi connectivity index (χ4v) is 2.67. The lowest BCUT2D eigenvalue weighted by Gasteiger charge is -2.12. The summed E-state index contributed by atoms with van der Waals surface area (Å²) in [4.78, 5) is 4.40. The second-order valence-electron chi connectivity index (χ2n) is 4.83. The summed E-state index contributed by atoms with van der Waals surface area (Å²) in [6, 6.07) is 9.37. The van der Waals surface area contributed by atoms with Crippen LogP contribution in [0.2, 0.25) is 5.02 Å². The monoisotopic (exact) mass is 302 g/mol. The number of pyridine rings is 1. The van der Waals surface area contributed by atoms with E-state index in [-0.39, 0.29) is 6.61 Å². The Hall–Kier alpha value is -2.04. The normalized spacial score (nSPS) is 11.0. The number of aliphatic hydroxyl groups excluding tert-OH is 1. The third kappa shape index (κ3) is 2.73. The van der Waals surface area contributed by atoms with Gasteiger partial charge in [0.15, 0.2) is 0 Å². The van der Waals surface area contributed by atoms with Gasteiger partial charge in [0.25, 0.3) is 0 Å². The van der Waals surface area contributed by atoms with Crippen molar-refractivity contribution in [3.63, 3.8) is 0 Å². The molecule has 3 aromatic rings. The molecule has 5 heteroatoms. The van der Waals surface area contributed by atoms with Crippen molar-refractivity contribution in [2.45, 2.75) is 20.1 Å². The van der Waals surface area contributed by atoms with Crippen molar-refractivity contribution >= 4 is 28.2 Å². The van der Waals surface area contributed by atoms with Crippen molar-refractivity contribution in [3.05, 3.63) is 58.6 Å². The molecule has 0 aliphatic rings. The molecule has 2 heterocycles. The maximum atomic E-state index is 9.01. The molecular weight excluding hydrogens is 288 g/mol. The van der Waals surface area contributed by atoms with Gasteiger partial charge in [0.05, 0.1) is 22.8 Å². The first-order valence-electron chi connectivity index (χ1n) is 6.65. The van der Waals surface area contributed by atoms with Gasteiger partial charge in [-0.3, -0.25) is 4.98 Å². The summed E-state index contributed by atoms with van der Waals surface area (Å²) < 4.78 is 5.46. The molecule has 108 valence electrons. The van der Waals surface area contributed by atoms with Crippen molar-refractivity contribution in [1.29, 1.82) is 0 Å². The van der Waals surface area contributed by atoms with E-state index in [1.807, 2.05) is 31.2 Å². The van der Waals surface area contributed by atoms with Crippen LogP contribution >= 0.6 is 11.6 Å². The molecule has 0 atom stereocenters. The van der Waals surface area contributed by atoms with Gasteiger partial charge in [-0.1, -0.05) is 11.6 Å². The van der Waals surface area contributed by atoms with Gasteiger partial charge in [-0.2, -0.15) is 0 Å². The van der Waals surface area contributed by atoms with Crippen LogP contribution in [0.4, 0.5) is 5.69 Å². The summed E-state index contributed by atoms with van der Waals surface area (Å²) >= 11 is 6.35. The van der Waals surface area contributed by atoms with Gasteiger partial charge < -0.3 is 14.8 Å². The molecule has 2 N–H and O–H groups in total. The lowest BCUT2D eigenvalue weighted by atomic mass is 10.1. The summed E-state index contributed by atoms with van der Waals surface area (Å²) in [5.74, 6) is 1.29. The van der Waals surface area contributed by atoms with Gasteiger partial charge in [0.2, 0.25) is 0 Å². The number of nitrogens with zero attached hydrogens (tertiary/aromatic N) is 1. The maximum absolute atomic E-state index is 9.01. The van der Waals surface area contributed by atoms with Crippen LogP contribution < -0.4 is 5.32 Å². The molecule has 0 unspecified atom stereocenters. The molecule has 0 bridgehead atoms. The van der Waals surface area contributed by atoms with Gasteiger partial charge in [0.1, 0.15) is 18.1 Å². The zero-order valence-electron chi connectivity index (χ0n) is 11.6. The molecule has 21 heavy (non-hydrogen) atoms. The number of hydrogen-bond donors (Lipinski definition) is 2. The first-order chi connectivity index (χ1) is 10.2. The lowest BCUT2D eigenvalue weighted by Crippen LogP contribution is -2.01. The van der Waals surface area contributed by atoms with Gasteiger partial charge >= 0.3 is 0 Å². The topological polar surface area (TPSA) is 58.3 Å². The van der Waals surface area contributed by atoms with E-state index in [4.69, 9.17) is 21.1 Å². The van der Waals surface area contributed by atoms with Crippen LogP contribution in [0, 0.1) is 6.92 Å². The Balaban J connectivity index is 1.93. The molecule has 3 rings (SSSR count). The molecule has 0 spiro atoms. The highest BCUT2D eigenvalue weighted by Gasteiger charge is 2.10.